The number of carbonyl (C=O) groups excluding carboxylic acids is 7. The summed E-state index contributed by atoms with van der Waals surface area (Å²) < 4.78 is 0. The zero-order valence-corrected chi connectivity index (χ0v) is 42.9. The van der Waals surface area contributed by atoms with E-state index < -0.39 is 71.7 Å². The zero-order valence-electron chi connectivity index (χ0n) is 42.9. The first kappa shape index (κ1) is 57.3. The molecule has 71 heavy (non-hydrogen) atoms. The van der Waals surface area contributed by atoms with E-state index in [4.69, 9.17) is 5.73 Å². The summed E-state index contributed by atoms with van der Waals surface area (Å²) in [4.78, 5) is 109. The number of carbonyl (C=O) groups is 7. The van der Waals surface area contributed by atoms with Crippen molar-refractivity contribution in [2.75, 3.05) is 48.0 Å². The molecule has 2 aromatic heterocycles. The lowest BCUT2D eigenvalue weighted by Gasteiger charge is -2.36. The molecule has 0 bridgehead atoms. The van der Waals surface area contributed by atoms with Gasteiger partial charge in [-0.1, -0.05) is 89.8 Å². The van der Waals surface area contributed by atoms with Gasteiger partial charge in [-0.25, -0.2) is 0 Å². The minimum atomic E-state index is -1.25. The number of benzene rings is 2. The number of amides is 7. The van der Waals surface area contributed by atoms with Gasteiger partial charge in [-0.3, -0.25) is 38.9 Å². The van der Waals surface area contributed by atoms with Crippen molar-refractivity contribution in [1.82, 2.24) is 51.3 Å². The van der Waals surface area contributed by atoms with E-state index in [9.17, 15) is 33.9 Å². The maximum Gasteiger partial charge on any atom is 0.245 e. The summed E-state index contributed by atoms with van der Waals surface area (Å²) in [5, 5.41) is 25.3. The smallest absolute Gasteiger partial charge is 0.245 e. The SMILES string of the molecule is CCCC[C@@H](C(=O)N(C)[C@@H](CCCC)C(=O)NC)N(C)C(=O)[C@H](Cc1c[nH]c2ccccc12)NC(=O)[C@H](CCCNCO)NC(=O)[C@H](Cc1c[nH]c2ccccc12)NC(=O)CN(C)C(=O)[C@@H](N)CC(C)C. The number of aromatic nitrogens is 2. The number of nitrogens with zero attached hydrogens (tertiary/aromatic N) is 3. The number of fused-ring (bicyclic) bond motifs is 2. The molecule has 10 N–H and O–H groups in total. The molecule has 7 amide bonds. The summed E-state index contributed by atoms with van der Waals surface area (Å²) in [6.45, 7) is 7.46. The van der Waals surface area contributed by atoms with Crippen LogP contribution in [0.25, 0.3) is 21.8 Å². The maximum absolute atomic E-state index is 15.0. The standard InChI is InChI=1S/C52H79N11O8/c1-9-11-23-44(49(68)54-5)62(7)52(71)45(24-12-10-2)63(8)51(70)43(28-35-30-57-40-21-16-14-19-37(35)40)60-47(66)41(22-17-25-55-32-64)59-48(67)42(27-34-29-56-39-20-15-13-18-36(34)39)58-46(65)31-61(6)50(69)38(53)26-33(3)4/h13-16,18-21,29-30,33,38,41-45,55-57,64H,9-12,17,22-28,31-32,53H2,1-8H3,(H,54,68)(H,58,65)(H,59,67)(H,60,66)/t38-,41-,42-,43-,44-,45-/m0/s1. The molecule has 4 rings (SSSR count). The Balaban J connectivity index is 1.70. The van der Waals surface area contributed by atoms with E-state index in [2.05, 4.69) is 36.6 Å². The summed E-state index contributed by atoms with van der Waals surface area (Å²) in [7, 11) is 6.10. The molecule has 0 unspecified atom stereocenters. The topological polar surface area (TPSA) is 267 Å². The lowest BCUT2D eigenvalue weighted by atomic mass is 9.99. The fourth-order valence-corrected chi connectivity index (χ4v) is 8.93. The molecular formula is C52H79N11O8. The average molecular weight is 986 g/mol. The Morgan fingerprint density at radius 2 is 1.17 bits per heavy atom. The summed E-state index contributed by atoms with van der Waals surface area (Å²) in [6.07, 6.45) is 7.95. The first-order valence-electron chi connectivity index (χ1n) is 25.0. The predicted molar refractivity (Wildman–Crippen MR) is 275 cm³/mol. The Hall–Kier alpha value is -6.31. The summed E-state index contributed by atoms with van der Waals surface area (Å²) in [5.74, 6) is -3.55. The van der Waals surface area contributed by atoms with Crippen molar-refractivity contribution < 1.29 is 38.7 Å². The van der Waals surface area contributed by atoms with E-state index in [0.29, 0.717) is 38.5 Å². The molecule has 2 aromatic carbocycles. The minimum absolute atomic E-state index is 0.0137. The molecule has 19 nitrogen and oxygen atoms in total. The number of rotatable bonds is 30. The number of likely N-dealkylation sites (N-methyl/N-ethyl adjacent to an activating group) is 4. The van der Waals surface area contributed by atoms with Crippen LogP contribution in [-0.2, 0) is 46.4 Å². The van der Waals surface area contributed by atoms with E-state index in [0.717, 1.165) is 45.8 Å². The van der Waals surface area contributed by atoms with Gasteiger partial charge in [-0.05, 0) is 67.8 Å². The largest absolute Gasteiger partial charge is 0.381 e. The Morgan fingerprint density at radius 3 is 1.72 bits per heavy atom. The molecule has 0 fully saturated rings. The van der Waals surface area contributed by atoms with Crippen molar-refractivity contribution >= 4 is 63.2 Å². The normalized spacial score (nSPS) is 14.0. The van der Waals surface area contributed by atoms with E-state index in [-0.39, 0.29) is 50.9 Å². The average Bonchev–Trinajstić information content (AvgIpc) is 3.96. The molecule has 390 valence electrons. The van der Waals surface area contributed by atoms with Crippen molar-refractivity contribution in [3.63, 3.8) is 0 Å². The van der Waals surface area contributed by atoms with Crippen LogP contribution in [0, 0.1) is 5.92 Å². The van der Waals surface area contributed by atoms with Crippen LogP contribution < -0.4 is 32.3 Å². The monoisotopic (exact) mass is 986 g/mol. The molecule has 0 saturated heterocycles. The van der Waals surface area contributed by atoms with Gasteiger partial charge in [0.05, 0.1) is 19.3 Å². The molecule has 0 radical (unpaired) electrons. The second kappa shape index (κ2) is 28.5. The predicted octanol–water partition coefficient (Wildman–Crippen LogP) is 2.82. The Kier molecular flexibility index (Phi) is 23.0. The van der Waals surface area contributed by atoms with Gasteiger partial charge in [-0.2, -0.15) is 0 Å². The van der Waals surface area contributed by atoms with E-state index in [1.807, 2.05) is 76.2 Å². The number of hydrogen-bond acceptors (Lipinski definition) is 10. The van der Waals surface area contributed by atoms with Crippen LogP contribution >= 0.6 is 0 Å². The second-order valence-electron chi connectivity index (χ2n) is 18.9. The van der Waals surface area contributed by atoms with Gasteiger partial charge in [0.25, 0.3) is 0 Å². The maximum atomic E-state index is 15.0. The highest BCUT2D eigenvalue weighted by molar-refractivity contribution is 5.98. The van der Waals surface area contributed by atoms with Crippen LogP contribution in [0.2, 0.25) is 0 Å². The van der Waals surface area contributed by atoms with Crippen LogP contribution in [0.15, 0.2) is 60.9 Å². The van der Waals surface area contributed by atoms with Gasteiger partial charge in [-0.15, -0.1) is 0 Å². The summed E-state index contributed by atoms with van der Waals surface area (Å²) in [6, 6.07) is 8.78. The van der Waals surface area contributed by atoms with E-state index in [1.165, 1.54) is 35.8 Å². The van der Waals surface area contributed by atoms with Crippen LogP contribution in [-0.4, -0.2) is 155 Å². The minimum Gasteiger partial charge on any atom is -0.381 e. The molecule has 0 spiro atoms. The van der Waals surface area contributed by atoms with Gasteiger partial charge in [0.15, 0.2) is 0 Å². The molecule has 4 aromatic rings. The highest BCUT2D eigenvalue weighted by Gasteiger charge is 2.38. The lowest BCUT2D eigenvalue weighted by molar-refractivity contribution is -0.149. The molecule has 0 aliphatic rings. The number of para-hydroxylation sites is 2. The highest BCUT2D eigenvalue weighted by Crippen LogP contribution is 2.23. The first-order chi connectivity index (χ1) is 33.9. The van der Waals surface area contributed by atoms with Crippen LogP contribution in [0.3, 0.4) is 0 Å². The molecule has 19 heteroatoms. The molecule has 0 aliphatic heterocycles. The van der Waals surface area contributed by atoms with Crippen LogP contribution in [0.5, 0.6) is 0 Å². The lowest BCUT2D eigenvalue weighted by Crippen LogP contribution is -2.60. The number of aromatic amines is 2. The van der Waals surface area contributed by atoms with Crippen molar-refractivity contribution in [3.8, 4) is 0 Å². The number of H-pyrrole nitrogens is 2. The highest BCUT2D eigenvalue weighted by atomic mass is 16.3. The van der Waals surface area contributed by atoms with Crippen molar-refractivity contribution in [1.29, 1.82) is 0 Å². The third-order valence-electron chi connectivity index (χ3n) is 13.0. The van der Waals surface area contributed by atoms with Crippen LogP contribution in [0.4, 0.5) is 0 Å². The summed E-state index contributed by atoms with van der Waals surface area (Å²) in [5.41, 5.74) is 9.23. The summed E-state index contributed by atoms with van der Waals surface area (Å²) >= 11 is 0. The van der Waals surface area contributed by atoms with Crippen molar-refractivity contribution in [3.05, 3.63) is 72.1 Å². The number of aliphatic hydroxyl groups is 1. The van der Waals surface area contributed by atoms with Gasteiger partial charge in [0, 0.05) is 75.2 Å². The Morgan fingerprint density at radius 1 is 0.648 bits per heavy atom. The van der Waals surface area contributed by atoms with Gasteiger partial charge >= 0.3 is 0 Å². The fraction of sp³-hybridized carbons (Fsp3) is 0.558. The molecule has 0 saturated carbocycles. The van der Waals surface area contributed by atoms with Crippen LogP contribution in [0.1, 0.15) is 96.6 Å². The first-order valence-corrected chi connectivity index (χ1v) is 25.0. The molecule has 6 atom stereocenters. The molecular weight excluding hydrogens is 907 g/mol. The van der Waals surface area contributed by atoms with Crippen molar-refractivity contribution in [2.45, 2.75) is 135 Å². The van der Waals surface area contributed by atoms with Gasteiger partial charge in [0.1, 0.15) is 30.2 Å². The molecule has 0 aliphatic carbocycles. The fourth-order valence-electron chi connectivity index (χ4n) is 8.93. The molecule has 2 heterocycles. The zero-order chi connectivity index (χ0) is 52.2. The third kappa shape index (κ3) is 16.4. The van der Waals surface area contributed by atoms with E-state index >= 15 is 4.79 Å². The number of nitrogens with two attached hydrogens (primary N) is 1. The number of nitrogens with one attached hydrogen (secondary N) is 7. The second-order valence-corrected chi connectivity index (χ2v) is 18.9. The van der Waals surface area contributed by atoms with E-state index in [1.54, 1.807) is 19.4 Å². The third-order valence-corrected chi connectivity index (χ3v) is 13.0. The van der Waals surface area contributed by atoms with Gasteiger partial charge in [0.2, 0.25) is 41.4 Å². The Labute approximate surface area is 418 Å². The number of hydrogen-bond donors (Lipinski definition) is 9. The Bertz CT molecular complexity index is 2380. The number of aliphatic hydroxyl groups excluding tert-OH is 1. The van der Waals surface area contributed by atoms with Crippen molar-refractivity contribution in [2.24, 2.45) is 11.7 Å². The quantitative estimate of drug-likeness (QED) is 0.0273. The van der Waals surface area contributed by atoms with Gasteiger partial charge < -0.3 is 56.8 Å². The number of unbranched alkanes of at least 4 members (excludes halogenated alkanes) is 2.